The molecule has 0 amide bonds. The number of nitrogens with two attached hydrogens (primary N) is 1. The van der Waals surface area contributed by atoms with E-state index in [1.54, 1.807) is 6.07 Å². The maximum absolute atomic E-state index is 11.3. The molecule has 1 aliphatic rings. The van der Waals surface area contributed by atoms with E-state index in [-0.39, 0.29) is 11.3 Å². The smallest absolute Gasteiger partial charge is 0.161 e. The molecule has 3 N–H and O–H groups in total. The van der Waals surface area contributed by atoms with Crippen LogP contribution in [0, 0.1) is 0 Å². The molecule has 0 heterocycles. The summed E-state index contributed by atoms with van der Waals surface area (Å²) in [5, 5.41) is 3.41. The SMILES string of the molecule is CC(=O)c1cc(NC2(C)CC2)ccc1N. The van der Waals surface area contributed by atoms with Crippen molar-refractivity contribution in [1.82, 2.24) is 0 Å². The van der Waals surface area contributed by atoms with Gasteiger partial charge in [-0.2, -0.15) is 0 Å². The highest BCUT2D eigenvalue weighted by molar-refractivity contribution is 6.00. The van der Waals surface area contributed by atoms with Crippen LogP contribution in [0.4, 0.5) is 11.4 Å². The number of Topliss-reactive ketones (excluding diaryl/α,β-unsaturated/α-hetero) is 1. The van der Waals surface area contributed by atoms with Crippen molar-refractivity contribution in [2.75, 3.05) is 11.1 Å². The average molecular weight is 204 g/mol. The molecule has 1 aliphatic carbocycles. The summed E-state index contributed by atoms with van der Waals surface area (Å²) in [5.41, 5.74) is 8.08. The van der Waals surface area contributed by atoms with Crippen LogP contribution in [0.5, 0.6) is 0 Å². The Morgan fingerprint density at radius 2 is 2.13 bits per heavy atom. The average Bonchev–Trinajstić information content (AvgIpc) is 2.87. The second-order valence-corrected chi connectivity index (χ2v) is 4.54. The van der Waals surface area contributed by atoms with Crippen LogP contribution in [0.15, 0.2) is 18.2 Å². The van der Waals surface area contributed by atoms with E-state index in [1.165, 1.54) is 19.8 Å². The van der Waals surface area contributed by atoms with Crippen LogP contribution in [-0.2, 0) is 0 Å². The summed E-state index contributed by atoms with van der Waals surface area (Å²) >= 11 is 0. The molecular weight excluding hydrogens is 188 g/mol. The highest BCUT2D eigenvalue weighted by Gasteiger charge is 2.37. The van der Waals surface area contributed by atoms with E-state index in [0.29, 0.717) is 11.3 Å². The summed E-state index contributed by atoms with van der Waals surface area (Å²) in [7, 11) is 0. The normalized spacial score (nSPS) is 17.2. The summed E-state index contributed by atoms with van der Waals surface area (Å²) in [5.74, 6) is 0.0112. The number of nitrogens with one attached hydrogen (secondary N) is 1. The Morgan fingerprint density at radius 3 is 2.67 bits per heavy atom. The highest BCUT2D eigenvalue weighted by atomic mass is 16.1. The molecule has 0 radical (unpaired) electrons. The molecule has 15 heavy (non-hydrogen) atoms. The molecule has 0 spiro atoms. The number of anilines is 2. The molecule has 1 aromatic rings. The summed E-state index contributed by atoms with van der Waals surface area (Å²) in [6.07, 6.45) is 2.37. The monoisotopic (exact) mass is 204 g/mol. The Labute approximate surface area is 89.7 Å². The number of ketones is 1. The van der Waals surface area contributed by atoms with Gasteiger partial charge in [0.2, 0.25) is 0 Å². The van der Waals surface area contributed by atoms with E-state index in [9.17, 15) is 4.79 Å². The van der Waals surface area contributed by atoms with Gasteiger partial charge in [-0.05, 0) is 44.9 Å². The lowest BCUT2D eigenvalue weighted by Crippen LogP contribution is -2.16. The van der Waals surface area contributed by atoms with E-state index >= 15 is 0 Å². The largest absolute Gasteiger partial charge is 0.398 e. The summed E-state index contributed by atoms with van der Waals surface area (Å²) in [6.45, 7) is 3.71. The van der Waals surface area contributed by atoms with Crippen LogP contribution < -0.4 is 11.1 Å². The Morgan fingerprint density at radius 1 is 1.47 bits per heavy atom. The van der Waals surface area contributed by atoms with Crippen LogP contribution in [0.1, 0.15) is 37.0 Å². The zero-order valence-corrected chi connectivity index (χ0v) is 9.13. The number of hydrogen-bond acceptors (Lipinski definition) is 3. The molecule has 1 fully saturated rings. The van der Waals surface area contributed by atoms with Gasteiger partial charge in [0.15, 0.2) is 5.78 Å². The van der Waals surface area contributed by atoms with Gasteiger partial charge in [0.25, 0.3) is 0 Å². The third-order valence-corrected chi connectivity index (χ3v) is 2.88. The van der Waals surface area contributed by atoms with Crippen molar-refractivity contribution in [2.45, 2.75) is 32.2 Å². The van der Waals surface area contributed by atoms with E-state index < -0.39 is 0 Å². The van der Waals surface area contributed by atoms with Gasteiger partial charge in [0.05, 0.1) is 0 Å². The Kier molecular flexibility index (Phi) is 2.18. The first kappa shape index (κ1) is 10.0. The van der Waals surface area contributed by atoms with Gasteiger partial charge >= 0.3 is 0 Å². The first-order chi connectivity index (χ1) is 7.00. The van der Waals surface area contributed by atoms with Gasteiger partial charge in [0.1, 0.15) is 0 Å². The molecule has 1 saturated carbocycles. The van der Waals surface area contributed by atoms with Crippen LogP contribution in [-0.4, -0.2) is 11.3 Å². The lowest BCUT2D eigenvalue weighted by Gasteiger charge is -2.14. The van der Waals surface area contributed by atoms with Crippen molar-refractivity contribution in [2.24, 2.45) is 0 Å². The maximum Gasteiger partial charge on any atom is 0.161 e. The van der Waals surface area contributed by atoms with Crippen LogP contribution in [0.3, 0.4) is 0 Å². The quantitative estimate of drug-likeness (QED) is 0.587. The van der Waals surface area contributed by atoms with Crippen molar-refractivity contribution in [3.8, 4) is 0 Å². The molecule has 0 bridgehead atoms. The van der Waals surface area contributed by atoms with Gasteiger partial charge < -0.3 is 11.1 Å². The highest BCUT2D eigenvalue weighted by Crippen LogP contribution is 2.38. The molecule has 0 aliphatic heterocycles. The number of carbonyl (C=O) groups excluding carboxylic acids is 1. The molecule has 2 rings (SSSR count). The van der Waals surface area contributed by atoms with E-state index in [2.05, 4.69) is 12.2 Å². The summed E-state index contributed by atoms with van der Waals surface area (Å²) in [6, 6.07) is 5.54. The maximum atomic E-state index is 11.3. The minimum atomic E-state index is 0.0112. The van der Waals surface area contributed by atoms with Gasteiger partial charge in [-0.15, -0.1) is 0 Å². The number of nitrogen functional groups attached to an aromatic ring is 1. The minimum Gasteiger partial charge on any atom is -0.398 e. The van der Waals surface area contributed by atoms with Crippen LogP contribution >= 0.6 is 0 Å². The zero-order chi connectivity index (χ0) is 11.1. The molecule has 0 unspecified atom stereocenters. The summed E-state index contributed by atoms with van der Waals surface area (Å²) < 4.78 is 0. The fourth-order valence-corrected chi connectivity index (χ4v) is 1.60. The molecule has 3 nitrogen and oxygen atoms in total. The zero-order valence-electron chi connectivity index (χ0n) is 9.13. The Hall–Kier alpha value is -1.51. The van der Waals surface area contributed by atoms with Crippen LogP contribution in [0.25, 0.3) is 0 Å². The van der Waals surface area contributed by atoms with Crippen molar-refractivity contribution in [3.63, 3.8) is 0 Å². The molecular formula is C12H16N2O. The lowest BCUT2D eigenvalue weighted by molar-refractivity contribution is 0.101. The third-order valence-electron chi connectivity index (χ3n) is 2.88. The molecule has 80 valence electrons. The van der Waals surface area contributed by atoms with Crippen molar-refractivity contribution in [3.05, 3.63) is 23.8 Å². The first-order valence-corrected chi connectivity index (χ1v) is 5.19. The number of benzene rings is 1. The first-order valence-electron chi connectivity index (χ1n) is 5.19. The van der Waals surface area contributed by atoms with E-state index in [0.717, 1.165) is 5.69 Å². The van der Waals surface area contributed by atoms with Crippen molar-refractivity contribution in [1.29, 1.82) is 0 Å². The minimum absolute atomic E-state index is 0.0112. The van der Waals surface area contributed by atoms with Crippen molar-refractivity contribution >= 4 is 17.2 Å². The van der Waals surface area contributed by atoms with Gasteiger partial charge in [-0.3, -0.25) is 4.79 Å². The number of rotatable bonds is 3. The van der Waals surface area contributed by atoms with Gasteiger partial charge in [-0.25, -0.2) is 0 Å². The fraction of sp³-hybridized carbons (Fsp3) is 0.417. The molecule has 0 saturated heterocycles. The molecule has 0 atom stereocenters. The molecule has 3 heteroatoms. The molecule has 1 aromatic carbocycles. The standard InChI is InChI=1S/C12H16N2O/c1-8(15)10-7-9(3-4-11(10)13)14-12(2)5-6-12/h3-4,7,14H,5-6,13H2,1-2H3. The second kappa shape index (κ2) is 3.26. The fourth-order valence-electron chi connectivity index (χ4n) is 1.60. The van der Waals surface area contributed by atoms with E-state index in [4.69, 9.17) is 5.73 Å². The third kappa shape index (κ3) is 2.12. The second-order valence-electron chi connectivity index (χ2n) is 4.54. The predicted molar refractivity (Wildman–Crippen MR) is 62.1 cm³/mol. The lowest BCUT2D eigenvalue weighted by atomic mass is 10.1. The van der Waals surface area contributed by atoms with Gasteiger partial charge in [-0.1, -0.05) is 0 Å². The van der Waals surface area contributed by atoms with Crippen LogP contribution in [0.2, 0.25) is 0 Å². The number of carbonyl (C=O) groups is 1. The van der Waals surface area contributed by atoms with Gasteiger partial charge in [0, 0.05) is 22.5 Å². The summed E-state index contributed by atoms with van der Waals surface area (Å²) in [4.78, 5) is 11.3. The van der Waals surface area contributed by atoms with Crippen molar-refractivity contribution < 1.29 is 4.79 Å². The Balaban J connectivity index is 2.26. The topological polar surface area (TPSA) is 55.1 Å². The molecule has 0 aromatic heterocycles. The Bertz CT molecular complexity index is 408. The predicted octanol–water partition coefficient (Wildman–Crippen LogP) is 2.44. The van der Waals surface area contributed by atoms with E-state index in [1.807, 2.05) is 12.1 Å². The number of hydrogen-bond donors (Lipinski definition) is 2.